The van der Waals surface area contributed by atoms with Crippen molar-refractivity contribution in [1.29, 1.82) is 0 Å². The molecule has 7 N–H and O–H groups in total. The summed E-state index contributed by atoms with van der Waals surface area (Å²) in [4.78, 5) is 15.4. The van der Waals surface area contributed by atoms with E-state index in [0.29, 0.717) is 11.4 Å². The largest absolute Gasteiger partial charge is 0.382 e. The molecule has 13 heteroatoms. The van der Waals surface area contributed by atoms with E-state index in [0.717, 1.165) is 0 Å². The van der Waals surface area contributed by atoms with Gasteiger partial charge in [0.1, 0.15) is 0 Å². The minimum Gasteiger partial charge on any atom is -0.382 e. The zero-order valence-electron chi connectivity index (χ0n) is 14.6. The summed E-state index contributed by atoms with van der Waals surface area (Å²) in [6, 6.07) is 7.29. The molecule has 1 aromatic carbocycles. The summed E-state index contributed by atoms with van der Waals surface area (Å²) in [6.07, 6.45) is 1.46. The molecule has 0 spiro atoms. The van der Waals surface area contributed by atoms with Crippen LogP contribution in [0.15, 0.2) is 51.7 Å². The Labute approximate surface area is 160 Å². The number of aryl methyl sites for hydroxylation is 1. The number of azo groups is 1. The number of anilines is 4. The van der Waals surface area contributed by atoms with Crippen molar-refractivity contribution in [3.63, 3.8) is 0 Å². The Morgan fingerprint density at radius 3 is 2.18 bits per heavy atom. The first-order chi connectivity index (χ1) is 13.2. The van der Waals surface area contributed by atoms with E-state index in [1.54, 1.807) is 13.0 Å². The first-order valence-electron chi connectivity index (χ1n) is 7.77. The van der Waals surface area contributed by atoms with E-state index >= 15 is 0 Å². The molecular formula is C15H16N10O2S. The smallest absolute Gasteiger partial charge is 0.264 e. The van der Waals surface area contributed by atoms with Gasteiger partial charge in [0.15, 0.2) is 17.3 Å². The highest BCUT2D eigenvalue weighted by molar-refractivity contribution is 7.92. The first-order valence-corrected chi connectivity index (χ1v) is 9.25. The quantitative estimate of drug-likeness (QED) is 0.458. The van der Waals surface area contributed by atoms with Crippen LogP contribution in [-0.2, 0) is 10.0 Å². The Morgan fingerprint density at radius 2 is 1.57 bits per heavy atom. The van der Waals surface area contributed by atoms with Crippen LogP contribution in [0.4, 0.5) is 34.9 Å². The molecule has 0 atom stereocenters. The van der Waals surface area contributed by atoms with Crippen LogP contribution in [0.2, 0.25) is 0 Å². The first kappa shape index (κ1) is 18.9. The van der Waals surface area contributed by atoms with Crippen molar-refractivity contribution in [2.75, 3.05) is 21.9 Å². The summed E-state index contributed by atoms with van der Waals surface area (Å²) < 4.78 is 27.1. The summed E-state index contributed by atoms with van der Waals surface area (Å²) in [7, 11) is -3.85. The zero-order chi connectivity index (χ0) is 20.3. The van der Waals surface area contributed by atoms with Gasteiger partial charge in [0.25, 0.3) is 10.0 Å². The van der Waals surface area contributed by atoms with Crippen LogP contribution in [-0.4, -0.2) is 28.4 Å². The number of aromatic nitrogens is 4. The van der Waals surface area contributed by atoms with Gasteiger partial charge in [-0.05, 0) is 37.3 Å². The fourth-order valence-corrected chi connectivity index (χ4v) is 3.04. The van der Waals surface area contributed by atoms with Gasteiger partial charge in [0.05, 0.1) is 10.6 Å². The predicted octanol–water partition coefficient (Wildman–Crippen LogP) is 1.54. The molecule has 0 bridgehead atoms. The zero-order valence-corrected chi connectivity index (χ0v) is 15.4. The number of nitrogen functional groups attached to an aromatic ring is 3. The summed E-state index contributed by atoms with van der Waals surface area (Å²) >= 11 is 0. The Kier molecular flexibility index (Phi) is 5.00. The number of nitrogens with zero attached hydrogens (tertiary/aromatic N) is 6. The van der Waals surface area contributed by atoms with E-state index in [1.807, 2.05) is 0 Å². The van der Waals surface area contributed by atoms with Crippen molar-refractivity contribution in [1.82, 2.24) is 19.9 Å². The van der Waals surface area contributed by atoms with Gasteiger partial charge in [-0.1, -0.05) is 0 Å². The molecule has 0 aliphatic heterocycles. The summed E-state index contributed by atoms with van der Waals surface area (Å²) in [6.45, 7) is 1.73. The Morgan fingerprint density at radius 1 is 0.929 bits per heavy atom. The van der Waals surface area contributed by atoms with Gasteiger partial charge in [-0.2, -0.15) is 15.1 Å². The highest BCUT2D eigenvalue weighted by Gasteiger charge is 2.15. The number of nitrogens with one attached hydrogen (secondary N) is 1. The predicted molar refractivity (Wildman–Crippen MR) is 103 cm³/mol. The molecule has 0 aliphatic rings. The van der Waals surface area contributed by atoms with Crippen LogP contribution >= 0.6 is 0 Å². The average molecular weight is 400 g/mol. The van der Waals surface area contributed by atoms with Crippen molar-refractivity contribution in [3.05, 3.63) is 42.2 Å². The van der Waals surface area contributed by atoms with Crippen LogP contribution in [0.5, 0.6) is 0 Å². The minimum absolute atomic E-state index is 0.00593. The minimum atomic E-state index is -3.85. The van der Waals surface area contributed by atoms with Gasteiger partial charge >= 0.3 is 0 Å². The fourth-order valence-electron chi connectivity index (χ4n) is 2.09. The Hall–Kier alpha value is -3.87. The van der Waals surface area contributed by atoms with Crippen LogP contribution in [0, 0.1) is 6.92 Å². The summed E-state index contributed by atoms with van der Waals surface area (Å²) in [5, 5.41) is 7.85. The topological polar surface area (TPSA) is 201 Å². The third-order valence-electron chi connectivity index (χ3n) is 3.39. The van der Waals surface area contributed by atoms with Gasteiger partial charge in [-0.3, -0.25) is 0 Å². The van der Waals surface area contributed by atoms with Crippen LogP contribution in [0.1, 0.15) is 5.69 Å². The maximum atomic E-state index is 12.4. The number of hydrogen-bond donors (Lipinski definition) is 4. The van der Waals surface area contributed by atoms with Crippen molar-refractivity contribution < 1.29 is 8.42 Å². The van der Waals surface area contributed by atoms with Gasteiger partial charge in [0, 0.05) is 11.9 Å². The molecule has 3 rings (SSSR count). The van der Waals surface area contributed by atoms with Crippen LogP contribution < -0.4 is 21.9 Å². The molecule has 12 nitrogen and oxygen atoms in total. The molecule has 2 aromatic heterocycles. The van der Waals surface area contributed by atoms with E-state index < -0.39 is 10.0 Å². The van der Waals surface area contributed by atoms with E-state index in [2.05, 4.69) is 34.9 Å². The molecule has 28 heavy (non-hydrogen) atoms. The average Bonchev–Trinajstić information content (AvgIpc) is 2.61. The van der Waals surface area contributed by atoms with Crippen molar-refractivity contribution in [3.8, 4) is 0 Å². The highest BCUT2D eigenvalue weighted by Crippen LogP contribution is 2.29. The van der Waals surface area contributed by atoms with Crippen molar-refractivity contribution in [2.45, 2.75) is 11.8 Å². The third kappa shape index (κ3) is 4.27. The maximum absolute atomic E-state index is 12.4. The van der Waals surface area contributed by atoms with E-state index in [9.17, 15) is 8.42 Å². The summed E-state index contributed by atoms with van der Waals surface area (Å²) in [5.74, 6) is -0.128. The second-order valence-corrected chi connectivity index (χ2v) is 7.20. The normalized spacial score (nSPS) is 11.6. The molecule has 0 aliphatic carbocycles. The van der Waals surface area contributed by atoms with E-state index in [1.165, 1.54) is 30.5 Å². The van der Waals surface area contributed by atoms with Gasteiger partial charge in [-0.15, -0.1) is 5.11 Å². The number of rotatable bonds is 5. The molecule has 144 valence electrons. The SMILES string of the molecule is Cc1ccnc(NS(=O)(=O)c2ccc(N=Nc3c(N)nc(N)nc3N)cc2)n1. The fraction of sp³-hybridized carbons (Fsp3) is 0.0667. The highest BCUT2D eigenvalue weighted by atomic mass is 32.2. The molecule has 0 radical (unpaired) electrons. The second-order valence-electron chi connectivity index (χ2n) is 5.52. The Bertz CT molecular complexity index is 1120. The standard InChI is InChI=1S/C15H16N10O2S/c1-8-6-7-19-15(20-8)25-28(26,27)10-4-2-9(3-5-10)23-24-11-12(16)21-14(18)22-13(11)17/h2-7H,1H3,(H,19,20,25)(H6,16,17,18,21,22). The lowest BCUT2D eigenvalue weighted by Gasteiger charge is -2.07. The van der Waals surface area contributed by atoms with Crippen molar-refractivity contribution in [2.24, 2.45) is 10.2 Å². The monoisotopic (exact) mass is 400 g/mol. The number of sulfonamides is 1. The van der Waals surface area contributed by atoms with Crippen LogP contribution in [0.25, 0.3) is 0 Å². The number of benzene rings is 1. The lowest BCUT2D eigenvalue weighted by atomic mass is 10.3. The number of hydrogen-bond acceptors (Lipinski definition) is 11. The van der Waals surface area contributed by atoms with Gasteiger partial charge < -0.3 is 17.2 Å². The second kappa shape index (κ2) is 7.40. The van der Waals surface area contributed by atoms with Gasteiger partial charge in [-0.25, -0.2) is 23.1 Å². The number of nitrogens with two attached hydrogens (primary N) is 3. The summed E-state index contributed by atoms with van der Waals surface area (Å²) in [5.41, 5.74) is 17.9. The maximum Gasteiger partial charge on any atom is 0.264 e. The van der Waals surface area contributed by atoms with Gasteiger partial charge in [0.2, 0.25) is 11.9 Å². The Balaban J connectivity index is 1.80. The molecular weight excluding hydrogens is 384 g/mol. The third-order valence-corrected chi connectivity index (χ3v) is 4.73. The molecule has 0 saturated heterocycles. The molecule has 3 aromatic rings. The molecule has 0 fully saturated rings. The lowest BCUT2D eigenvalue weighted by Crippen LogP contribution is -2.15. The van der Waals surface area contributed by atoms with E-state index in [4.69, 9.17) is 17.2 Å². The molecule has 2 heterocycles. The van der Waals surface area contributed by atoms with Crippen molar-refractivity contribution >= 4 is 44.9 Å². The lowest BCUT2D eigenvalue weighted by molar-refractivity contribution is 0.601. The molecule has 0 saturated carbocycles. The van der Waals surface area contributed by atoms with E-state index in [-0.39, 0.29) is 34.1 Å². The van der Waals surface area contributed by atoms with Crippen LogP contribution in [0.3, 0.4) is 0 Å². The molecule has 0 unspecified atom stereocenters. The molecule has 0 amide bonds.